The Morgan fingerprint density at radius 2 is 1.37 bits per heavy atom. The van der Waals surface area contributed by atoms with Crippen molar-refractivity contribution in [2.45, 2.75) is 24.4 Å². The zero-order valence-corrected chi connectivity index (χ0v) is 12.7. The van der Waals surface area contributed by atoms with Crippen LogP contribution in [-0.2, 0) is 0 Å². The van der Waals surface area contributed by atoms with Crippen LogP contribution < -0.4 is 5.32 Å². The summed E-state index contributed by atoms with van der Waals surface area (Å²) in [5.41, 5.74) is -2.55. The van der Waals surface area contributed by atoms with Gasteiger partial charge in [0.1, 0.15) is 0 Å². The summed E-state index contributed by atoms with van der Waals surface area (Å²) >= 11 is 0. The number of nitro benzene ring substituents is 2. The van der Waals surface area contributed by atoms with Crippen LogP contribution in [0.15, 0.2) is 18.2 Å². The van der Waals surface area contributed by atoms with Gasteiger partial charge in [0.05, 0.1) is 21.5 Å². The Hall–Kier alpha value is -3.00. The second kappa shape index (κ2) is 7.32. The number of halogens is 7. The molecular weight excluding hydrogens is 399 g/mol. The number of nitrogens with one attached hydrogen (secondary N) is 1. The highest BCUT2D eigenvalue weighted by atomic mass is 19.4. The van der Waals surface area contributed by atoms with Crippen LogP contribution in [0.2, 0.25) is 0 Å². The Bertz CT molecular complexity index is 734. The summed E-state index contributed by atoms with van der Waals surface area (Å²) < 4.78 is 87.5. The number of rotatable bonds is 7. The van der Waals surface area contributed by atoms with Crippen LogP contribution in [0.3, 0.4) is 0 Å². The standard InChI is InChI=1S/C12H8F7N3O5/c13-10(14,11(15,16)12(17,18)19)1-2-20-9(23)6-3-7(21(24)25)5-8(4-6)22(26)27/h3-5H,1-2H2,(H,20,23). The number of nitro groups is 2. The maximum absolute atomic E-state index is 13.1. The van der Waals surface area contributed by atoms with Crippen LogP contribution in [0.25, 0.3) is 0 Å². The normalized spacial score (nSPS) is 12.6. The molecule has 1 aromatic rings. The molecule has 1 aromatic carbocycles. The molecule has 0 aromatic heterocycles. The number of carbonyl (C=O) groups is 1. The number of benzene rings is 1. The third-order valence-corrected chi connectivity index (χ3v) is 3.13. The summed E-state index contributed by atoms with van der Waals surface area (Å²) in [6.07, 6.45) is -8.64. The van der Waals surface area contributed by atoms with Crippen LogP contribution >= 0.6 is 0 Å². The zero-order valence-electron chi connectivity index (χ0n) is 12.7. The van der Waals surface area contributed by atoms with Crippen molar-refractivity contribution in [2.75, 3.05) is 6.54 Å². The number of amides is 1. The first-order chi connectivity index (χ1) is 12.1. The van der Waals surface area contributed by atoms with Crippen molar-refractivity contribution < 1.29 is 45.4 Å². The average Bonchev–Trinajstić information content (AvgIpc) is 2.52. The first-order valence-electron chi connectivity index (χ1n) is 6.64. The molecule has 27 heavy (non-hydrogen) atoms. The highest BCUT2D eigenvalue weighted by molar-refractivity contribution is 5.95. The molecule has 0 unspecified atom stereocenters. The van der Waals surface area contributed by atoms with E-state index in [0.29, 0.717) is 18.2 Å². The van der Waals surface area contributed by atoms with Gasteiger partial charge in [0, 0.05) is 25.1 Å². The van der Waals surface area contributed by atoms with Gasteiger partial charge in [-0.3, -0.25) is 25.0 Å². The van der Waals surface area contributed by atoms with E-state index in [-0.39, 0.29) is 0 Å². The first-order valence-corrected chi connectivity index (χ1v) is 6.64. The summed E-state index contributed by atoms with van der Waals surface area (Å²) in [4.78, 5) is 30.9. The molecule has 0 saturated carbocycles. The Morgan fingerprint density at radius 3 is 1.74 bits per heavy atom. The molecule has 0 saturated heterocycles. The molecule has 0 heterocycles. The van der Waals surface area contributed by atoms with Gasteiger partial charge in [-0.2, -0.15) is 30.7 Å². The smallest absolute Gasteiger partial charge is 0.352 e. The van der Waals surface area contributed by atoms with Crippen molar-refractivity contribution in [1.29, 1.82) is 0 Å². The maximum atomic E-state index is 13.1. The van der Waals surface area contributed by atoms with Gasteiger partial charge in [0.25, 0.3) is 17.3 Å². The third kappa shape index (κ3) is 4.79. The van der Waals surface area contributed by atoms with Crippen LogP contribution in [0.4, 0.5) is 42.1 Å². The molecule has 0 bridgehead atoms. The minimum Gasteiger partial charge on any atom is -0.352 e. The van der Waals surface area contributed by atoms with E-state index in [9.17, 15) is 55.8 Å². The lowest BCUT2D eigenvalue weighted by atomic mass is 10.1. The fourth-order valence-corrected chi connectivity index (χ4v) is 1.74. The van der Waals surface area contributed by atoms with Crippen molar-refractivity contribution in [1.82, 2.24) is 5.32 Å². The Labute approximate surface area is 144 Å². The van der Waals surface area contributed by atoms with Crippen LogP contribution in [0, 0.1) is 20.2 Å². The molecule has 0 spiro atoms. The van der Waals surface area contributed by atoms with E-state index < -0.39 is 63.7 Å². The highest BCUT2D eigenvalue weighted by Crippen LogP contribution is 2.47. The predicted molar refractivity (Wildman–Crippen MR) is 72.6 cm³/mol. The lowest BCUT2D eigenvalue weighted by Gasteiger charge is -2.28. The van der Waals surface area contributed by atoms with Crippen LogP contribution in [0.1, 0.15) is 16.8 Å². The van der Waals surface area contributed by atoms with E-state index in [0.717, 1.165) is 0 Å². The molecule has 1 amide bonds. The summed E-state index contributed by atoms with van der Waals surface area (Å²) in [6.45, 7) is -1.37. The summed E-state index contributed by atoms with van der Waals surface area (Å²) in [5, 5.41) is 22.9. The van der Waals surface area contributed by atoms with Gasteiger partial charge in [-0.1, -0.05) is 0 Å². The van der Waals surface area contributed by atoms with Gasteiger partial charge in [-0.05, 0) is 0 Å². The minimum absolute atomic E-state index is 0.495. The molecule has 8 nitrogen and oxygen atoms in total. The third-order valence-electron chi connectivity index (χ3n) is 3.13. The number of alkyl halides is 7. The zero-order chi connectivity index (χ0) is 21.2. The Morgan fingerprint density at radius 1 is 0.926 bits per heavy atom. The van der Waals surface area contributed by atoms with Crippen molar-refractivity contribution in [3.05, 3.63) is 44.0 Å². The van der Waals surface area contributed by atoms with Gasteiger partial charge in [-0.25, -0.2) is 0 Å². The molecule has 0 aliphatic rings. The lowest BCUT2D eigenvalue weighted by molar-refractivity contribution is -0.394. The largest absolute Gasteiger partial charge is 0.459 e. The minimum atomic E-state index is -6.53. The first kappa shape index (κ1) is 22.0. The van der Waals surface area contributed by atoms with E-state index in [2.05, 4.69) is 0 Å². The Balaban J connectivity index is 2.92. The molecular formula is C12H8F7N3O5. The van der Waals surface area contributed by atoms with Gasteiger partial charge in [0.15, 0.2) is 0 Å². The van der Waals surface area contributed by atoms with Crippen molar-refractivity contribution in [3.8, 4) is 0 Å². The van der Waals surface area contributed by atoms with E-state index in [1.54, 1.807) is 5.32 Å². The van der Waals surface area contributed by atoms with Gasteiger partial charge < -0.3 is 5.32 Å². The number of nitrogens with zero attached hydrogens (tertiary/aromatic N) is 2. The highest BCUT2D eigenvalue weighted by Gasteiger charge is 2.72. The van der Waals surface area contributed by atoms with Gasteiger partial charge >= 0.3 is 18.0 Å². The number of hydrogen-bond donors (Lipinski definition) is 1. The molecule has 0 aliphatic heterocycles. The summed E-state index contributed by atoms with van der Waals surface area (Å²) in [5.74, 6) is -13.3. The van der Waals surface area contributed by atoms with Crippen molar-refractivity contribution in [3.63, 3.8) is 0 Å². The monoisotopic (exact) mass is 407 g/mol. The van der Waals surface area contributed by atoms with Crippen LogP contribution in [0.5, 0.6) is 0 Å². The van der Waals surface area contributed by atoms with E-state index >= 15 is 0 Å². The molecule has 1 N–H and O–H groups in total. The predicted octanol–water partition coefficient (Wildman–Crippen LogP) is 3.46. The lowest BCUT2D eigenvalue weighted by Crippen LogP contribution is -2.53. The SMILES string of the molecule is O=C(NCCC(F)(F)C(F)(F)C(F)(F)F)c1cc([N+](=O)[O-])cc([N+](=O)[O-])c1. The van der Waals surface area contributed by atoms with E-state index in [1.165, 1.54) is 0 Å². The fourth-order valence-electron chi connectivity index (χ4n) is 1.74. The van der Waals surface area contributed by atoms with Crippen molar-refractivity contribution in [2.24, 2.45) is 0 Å². The second-order valence-electron chi connectivity index (χ2n) is 5.03. The summed E-state index contributed by atoms with van der Waals surface area (Å²) in [7, 11) is 0. The van der Waals surface area contributed by atoms with Gasteiger partial charge in [0.2, 0.25) is 0 Å². The number of hydrogen-bond acceptors (Lipinski definition) is 5. The van der Waals surface area contributed by atoms with E-state index in [4.69, 9.17) is 0 Å². The fraction of sp³-hybridized carbons (Fsp3) is 0.417. The number of carbonyl (C=O) groups excluding carboxylic acids is 1. The Kier molecular flexibility index (Phi) is 5.97. The van der Waals surface area contributed by atoms with Crippen LogP contribution in [-0.4, -0.2) is 40.3 Å². The second-order valence-corrected chi connectivity index (χ2v) is 5.03. The topological polar surface area (TPSA) is 115 Å². The van der Waals surface area contributed by atoms with Crippen molar-refractivity contribution >= 4 is 17.3 Å². The molecule has 0 radical (unpaired) electrons. The maximum Gasteiger partial charge on any atom is 0.459 e. The molecule has 0 fully saturated rings. The quantitative estimate of drug-likeness (QED) is 0.422. The molecule has 15 heteroatoms. The van der Waals surface area contributed by atoms with E-state index in [1.807, 2.05) is 0 Å². The van der Waals surface area contributed by atoms with Gasteiger partial charge in [-0.15, -0.1) is 0 Å². The average molecular weight is 407 g/mol. The summed E-state index contributed by atoms with van der Waals surface area (Å²) in [6, 6.07) is 1.56. The molecule has 150 valence electrons. The molecule has 0 aliphatic carbocycles. The molecule has 1 rings (SSSR count). The number of non-ortho nitro benzene ring substituents is 2. The molecule has 0 atom stereocenters.